The summed E-state index contributed by atoms with van der Waals surface area (Å²) in [6, 6.07) is 7.35. The summed E-state index contributed by atoms with van der Waals surface area (Å²) < 4.78 is 5.23. The van der Waals surface area contributed by atoms with E-state index in [9.17, 15) is 4.79 Å². The number of hydrogen-bond donors (Lipinski definition) is 1. The molecule has 1 aliphatic rings. The molecule has 1 aromatic rings. The van der Waals surface area contributed by atoms with Gasteiger partial charge in [0.25, 0.3) is 0 Å². The van der Waals surface area contributed by atoms with Crippen LogP contribution in [-0.4, -0.2) is 12.7 Å². The minimum absolute atomic E-state index is 0.0716. The number of benzene rings is 1. The smallest absolute Gasteiger partial charge is 0.310 e. The molecule has 0 bridgehead atoms. The third-order valence-electron chi connectivity index (χ3n) is 3.34. The van der Waals surface area contributed by atoms with Crippen LogP contribution in [0.1, 0.15) is 37.7 Å². The largest absolute Gasteiger partial charge is 0.444 e. The SMILES string of the molecule is [CH]c1ccc(NCOC(=O)C2CCCCC2)cc1. The zero-order valence-electron chi connectivity index (χ0n) is 10.5. The number of carbonyl (C=O) groups excluding carboxylic acids is 1. The summed E-state index contributed by atoms with van der Waals surface area (Å²) in [5.74, 6) is 0.0320. The van der Waals surface area contributed by atoms with Gasteiger partial charge in [0.05, 0.1) is 5.92 Å². The van der Waals surface area contributed by atoms with Crippen LogP contribution in [0.25, 0.3) is 0 Å². The first-order valence-electron chi connectivity index (χ1n) is 6.52. The van der Waals surface area contributed by atoms with Crippen LogP contribution in [0.15, 0.2) is 24.3 Å². The Labute approximate surface area is 109 Å². The highest BCUT2D eigenvalue weighted by Crippen LogP contribution is 2.24. The highest BCUT2D eigenvalue weighted by atomic mass is 16.5. The first kappa shape index (κ1) is 12.9. The Morgan fingerprint density at radius 3 is 2.56 bits per heavy atom. The second-order valence-electron chi connectivity index (χ2n) is 4.74. The van der Waals surface area contributed by atoms with Crippen molar-refractivity contribution in [3.63, 3.8) is 0 Å². The minimum Gasteiger partial charge on any atom is -0.444 e. The van der Waals surface area contributed by atoms with Gasteiger partial charge in [-0.15, -0.1) is 0 Å². The first-order chi connectivity index (χ1) is 8.75. The predicted octanol–water partition coefficient (Wildman–Crippen LogP) is 3.24. The van der Waals surface area contributed by atoms with Gasteiger partial charge in [-0.2, -0.15) is 0 Å². The number of rotatable bonds is 4. The van der Waals surface area contributed by atoms with E-state index in [-0.39, 0.29) is 18.6 Å². The maximum Gasteiger partial charge on any atom is 0.310 e. The fraction of sp³-hybridized carbons (Fsp3) is 0.467. The normalized spacial score (nSPS) is 16.3. The number of nitrogens with one attached hydrogen (secondary N) is 1. The molecular formula is C15H19NO2. The molecule has 1 aliphatic carbocycles. The molecule has 1 saturated carbocycles. The van der Waals surface area contributed by atoms with E-state index in [1.165, 1.54) is 6.42 Å². The van der Waals surface area contributed by atoms with Crippen molar-refractivity contribution in [2.75, 3.05) is 12.0 Å². The van der Waals surface area contributed by atoms with Gasteiger partial charge in [0.15, 0.2) is 6.73 Å². The maximum absolute atomic E-state index is 11.8. The quantitative estimate of drug-likeness (QED) is 0.653. The van der Waals surface area contributed by atoms with Crippen LogP contribution >= 0.6 is 0 Å². The van der Waals surface area contributed by atoms with Gasteiger partial charge >= 0.3 is 5.97 Å². The first-order valence-corrected chi connectivity index (χ1v) is 6.52. The number of anilines is 1. The van der Waals surface area contributed by atoms with E-state index < -0.39 is 0 Å². The molecular weight excluding hydrogens is 226 g/mol. The monoisotopic (exact) mass is 245 g/mol. The van der Waals surface area contributed by atoms with E-state index in [0.29, 0.717) is 0 Å². The third-order valence-corrected chi connectivity index (χ3v) is 3.34. The molecule has 0 unspecified atom stereocenters. The van der Waals surface area contributed by atoms with Gasteiger partial charge in [0.2, 0.25) is 0 Å². The lowest BCUT2D eigenvalue weighted by Gasteiger charge is -2.20. The van der Waals surface area contributed by atoms with Gasteiger partial charge in [-0.25, -0.2) is 0 Å². The van der Waals surface area contributed by atoms with Crippen LogP contribution in [0.3, 0.4) is 0 Å². The van der Waals surface area contributed by atoms with Gasteiger partial charge < -0.3 is 10.1 Å². The molecule has 18 heavy (non-hydrogen) atoms. The number of ether oxygens (including phenoxy) is 1. The van der Waals surface area contributed by atoms with Crippen molar-refractivity contribution in [2.24, 2.45) is 5.92 Å². The maximum atomic E-state index is 11.8. The van der Waals surface area contributed by atoms with E-state index in [4.69, 9.17) is 11.7 Å². The van der Waals surface area contributed by atoms with E-state index in [1.807, 2.05) is 24.3 Å². The molecule has 0 atom stereocenters. The van der Waals surface area contributed by atoms with Crippen molar-refractivity contribution in [3.05, 3.63) is 36.8 Å². The van der Waals surface area contributed by atoms with Gasteiger partial charge in [0, 0.05) is 5.69 Å². The lowest BCUT2D eigenvalue weighted by molar-refractivity contribution is -0.148. The number of hydrogen-bond acceptors (Lipinski definition) is 3. The molecule has 96 valence electrons. The standard InChI is InChI=1S/C15H19NO2/c1-12-7-9-14(10-8-12)16-11-18-15(17)13-5-3-2-4-6-13/h1,7-10,13,16H,2-6,11H2. The van der Waals surface area contributed by atoms with Crippen molar-refractivity contribution in [1.29, 1.82) is 0 Å². The van der Waals surface area contributed by atoms with Gasteiger partial charge in [-0.1, -0.05) is 31.4 Å². The van der Waals surface area contributed by atoms with Crippen LogP contribution in [0.2, 0.25) is 0 Å². The Morgan fingerprint density at radius 1 is 1.22 bits per heavy atom. The minimum atomic E-state index is -0.0716. The highest BCUT2D eigenvalue weighted by molar-refractivity contribution is 5.72. The van der Waals surface area contributed by atoms with Crippen LogP contribution in [0, 0.1) is 12.8 Å². The molecule has 0 saturated heterocycles. The lowest BCUT2D eigenvalue weighted by Crippen LogP contribution is -2.22. The molecule has 3 heteroatoms. The second-order valence-corrected chi connectivity index (χ2v) is 4.74. The zero-order valence-corrected chi connectivity index (χ0v) is 10.5. The summed E-state index contributed by atoms with van der Waals surface area (Å²) in [6.07, 6.45) is 5.48. The number of esters is 1. The Hall–Kier alpha value is -1.51. The van der Waals surface area contributed by atoms with Crippen LogP contribution < -0.4 is 5.32 Å². The van der Waals surface area contributed by atoms with Crippen molar-refractivity contribution < 1.29 is 9.53 Å². The van der Waals surface area contributed by atoms with Crippen molar-refractivity contribution in [2.45, 2.75) is 32.1 Å². The summed E-state index contributed by atoms with van der Waals surface area (Å²) in [6.45, 7) is 5.81. The molecule has 1 aromatic carbocycles. The van der Waals surface area contributed by atoms with Gasteiger partial charge in [-0.05, 0) is 37.5 Å². The summed E-state index contributed by atoms with van der Waals surface area (Å²) in [5, 5.41) is 3.04. The van der Waals surface area contributed by atoms with Crippen molar-refractivity contribution in [3.8, 4) is 0 Å². The zero-order chi connectivity index (χ0) is 12.8. The molecule has 1 fully saturated rings. The highest BCUT2D eigenvalue weighted by Gasteiger charge is 2.22. The Balaban J connectivity index is 1.71. The molecule has 1 N–H and O–H groups in total. The molecule has 2 rings (SSSR count). The van der Waals surface area contributed by atoms with Crippen molar-refractivity contribution in [1.82, 2.24) is 0 Å². The third kappa shape index (κ3) is 3.76. The van der Waals surface area contributed by atoms with E-state index in [1.54, 1.807) is 0 Å². The van der Waals surface area contributed by atoms with Gasteiger partial charge in [-0.3, -0.25) is 4.79 Å². The molecule has 0 heterocycles. The van der Waals surface area contributed by atoms with Crippen LogP contribution in [0.5, 0.6) is 0 Å². The van der Waals surface area contributed by atoms with Crippen molar-refractivity contribution >= 4 is 11.7 Å². The number of carbonyl (C=O) groups is 1. The molecule has 0 amide bonds. The second kappa shape index (κ2) is 6.43. The summed E-state index contributed by atoms with van der Waals surface area (Å²) in [5.41, 5.74) is 1.63. The van der Waals surface area contributed by atoms with Crippen LogP contribution in [-0.2, 0) is 9.53 Å². The molecule has 0 spiro atoms. The van der Waals surface area contributed by atoms with E-state index in [0.717, 1.165) is 36.9 Å². The average molecular weight is 245 g/mol. The predicted molar refractivity (Wildman–Crippen MR) is 71.0 cm³/mol. The fourth-order valence-electron chi connectivity index (χ4n) is 2.25. The van der Waals surface area contributed by atoms with Gasteiger partial charge in [0.1, 0.15) is 0 Å². The van der Waals surface area contributed by atoms with E-state index >= 15 is 0 Å². The topological polar surface area (TPSA) is 38.3 Å². The molecule has 0 aromatic heterocycles. The fourth-order valence-corrected chi connectivity index (χ4v) is 2.25. The Morgan fingerprint density at radius 2 is 1.89 bits per heavy atom. The molecule has 2 radical (unpaired) electrons. The Bertz CT molecular complexity index is 380. The lowest BCUT2D eigenvalue weighted by atomic mass is 9.89. The average Bonchev–Trinajstić information content (AvgIpc) is 2.42. The Kier molecular flexibility index (Phi) is 4.62. The van der Waals surface area contributed by atoms with Crippen LogP contribution in [0.4, 0.5) is 5.69 Å². The summed E-state index contributed by atoms with van der Waals surface area (Å²) in [7, 11) is 0. The molecule has 0 aliphatic heterocycles. The summed E-state index contributed by atoms with van der Waals surface area (Å²) in [4.78, 5) is 11.8. The summed E-state index contributed by atoms with van der Waals surface area (Å²) >= 11 is 0. The molecule has 3 nitrogen and oxygen atoms in total. The van der Waals surface area contributed by atoms with E-state index in [2.05, 4.69) is 5.32 Å².